The lowest BCUT2D eigenvalue weighted by Crippen LogP contribution is -2.24. The van der Waals surface area contributed by atoms with E-state index in [4.69, 9.17) is 14.6 Å². The third-order valence-corrected chi connectivity index (χ3v) is 5.84. The fourth-order valence-electron chi connectivity index (χ4n) is 3.41. The van der Waals surface area contributed by atoms with Crippen LogP contribution in [0.25, 0.3) is 0 Å². The Hall–Kier alpha value is -3.82. The lowest BCUT2D eigenvalue weighted by molar-refractivity contribution is 0.0448. The van der Waals surface area contributed by atoms with Crippen molar-refractivity contribution in [1.29, 1.82) is 0 Å². The molecule has 1 aliphatic rings. The third kappa shape index (κ3) is 4.03. The van der Waals surface area contributed by atoms with E-state index in [0.29, 0.717) is 11.3 Å². The van der Waals surface area contributed by atoms with Crippen molar-refractivity contribution in [2.45, 2.75) is 4.90 Å². The van der Waals surface area contributed by atoms with Crippen LogP contribution in [0.4, 0.5) is 0 Å². The average molecular weight is 451 g/mol. The Morgan fingerprint density at radius 1 is 0.781 bits per heavy atom. The van der Waals surface area contributed by atoms with E-state index < -0.39 is 21.8 Å². The maximum Gasteiger partial charge on any atom is 0.339 e. The standard InChI is InChI=1S/C23H17NO7S/c24-32(28,29)15-10-8-14(9-11-15)30-12-13-31-23(27)19-7-3-6-18-20(19)22(26)17-5-2-1-4-16(17)21(18)25/h1-11H,12-13H2,(H2,24,28,29). The van der Waals surface area contributed by atoms with Crippen LogP contribution < -0.4 is 9.88 Å². The Morgan fingerprint density at radius 3 is 2.06 bits per heavy atom. The number of carbonyl (C=O) groups excluding carboxylic acids is 3. The molecule has 0 unspecified atom stereocenters. The smallest absolute Gasteiger partial charge is 0.339 e. The second-order valence-corrected chi connectivity index (χ2v) is 8.49. The quantitative estimate of drug-likeness (QED) is 0.352. The van der Waals surface area contributed by atoms with E-state index in [9.17, 15) is 22.8 Å². The van der Waals surface area contributed by atoms with Crippen molar-refractivity contribution < 1.29 is 32.3 Å². The summed E-state index contributed by atoms with van der Waals surface area (Å²) in [5.74, 6) is -1.12. The Kier molecular flexibility index (Phi) is 5.60. The topological polar surface area (TPSA) is 130 Å². The number of ketones is 2. The fourth-order valence-corrected chi connectivity index (χ4v) is 3.93. The molecule has 0 aromatic heterocycles. The molecule has 0 spiro atoms. The molecule has 162 valence electrons. The summed E-state index contributed by atoms with van der Waals surface area (Å²) in [5, 5.41) is 5.04. The summed E-state index contributed by atoms with van der Waals surface area (Å²) in [6, 6.07) is 16.4. The predicted molar refractivity (Wildman–Crippen MR) is 113 cm³/mol. The first-order chi connectivity index (χ1) is 15.3. The van der Waals surface area contributed by atoms with Gasteiger partial charge in [-0.05, 0) is 30.3 Å². The van der Waals surface area contributed by atoms with Crippen LogP contribution in [0.3, 0.4) is 0 Å². The van der Waals surface area contributed by atoms with Crippen molar-refractivity contribution in [3.8, 4) is 5.75 Å². The van der Waals surface area contributed by atoms with Crippen LogP contribution in [-0.2, 0) is 14.8 Å². The van der Waals surface area contributed by atoms with Crippen molar-refractivity contribution in [1.82, 2.24) is 0 Å². The minimum absolute atomic E-state index is 0.00728. The first-order valence-corrected chi connectivity index (χ1v) is 11.1. The number of primary sulfonamides is 1. The molecule has 0 bridgehead atoms. The number of sulfonamides is 1. The van der Waals surface area contributed by atoms with E-state index in [1.54, 1.807) is 24.3 Å². The van der Waals surface area contributed by atoms with Gasteiger partial charge in [0.25, 0.3) is 0 Å². The highest BCUT2D eigenvalue weighted by molar-refractivity contribution is 7.89. The molecule has 0 atom stereocenters. The molecule has 0 radical (unpaired) electrons. The maximum atomic E-state index is 13.0. The van der Waals surface area contributed by atoms with Crippen molar-refractivity contribution in [2.75, 3.05) is 13.2 Å². The second kappa shape index (κ2) is 8.37. The van der Waals surface area contributed by atoms with Gasteiger partial charge in [0.15, 0.2) is 11.6 Å². The molecule has 32 heavy (non-hydrogen) atoms. The normalized spacial score (nSPS) is 12.7. The third-order valence-electron chi connectivity index (χ3n) is 4.91. The summed E-state index contributed by atoms with van der Waals surface area (Å²) < 4.78 is 33.2. The van der Waals surface area contributed by atoms with Crippen LogP contribution in [-0.4, -0.2) is 39.2 Å². The van der Waals surface area contributed by atoms with Crippen LogP contribution in [0.15, 0.2) is 71.6 Å². The van der Waals surface area contributed by atoms with Crippen LogP contribution >= 0.6 is 0 Å². The van der Waals surface area contributed by atoms with Gasteiger partial charge >= 0.3 is 5.97 Å². The maximum absolute atomic E-state index is 13.0. The Balaban J connectivity index is 1.44. The van der Waals surface area contributed by atoms with Gasteiger partial charge in [-0.3, -0.25) is 9.59 Å². The largest absolute Gasteiger partial charge is 0.490 e. The SMILES string of the molecule is NS(=O)(=O)c1ccc(OCCOC(=O)c2cccc3c2C(=O)c2ccccc2C3=O)cc1. The monoisotopic (exact) mass is 451 g/mol. The van der Waals surface area contributed by atoms with Gasteiger partial charge in [0.1, 0.15) is 19.0 Å². The number of rotatable bonds is 6. The molecule has 2 N–H and O–H groups in total. The molecule has 8 nitrogen and oxygen atoms in total. The number of fused-ring (bicyclic) bond motifs is 2. The van der Waals surface area contributed by atoms with E-state index in [-0.39, 0.29) is 46.1 Å². The highest BCUT2D eigenvalue weighted by Gasteiger charge is 2.33. The number of nitrogens with two attached hydrogens (primary N) is 1. The first kappa shape index (κ1) is 21.4. The Labute approximate surface area is 183 Å². The van der Waals surface area contributed by atoms with Gasteiger partial charge in [-0.15, -0.1) is 0 Å². The molecule has 0 saturated heterocycles. The molecule has 9 heteroatoms. The predicted octanol–water partition coefficient (Wildman–Crippen LogP) is 2.35. The van der Waals surface area contributed by atoms with E-state index in [2.05, 4.69) is 0 Å². The number of hydrogen-bond donors (Lipinski definition) is 1. The summed E-state index contributed by atoms with van der Waals surface area (Å²) in [4.78, 5) is 38.3. The van der Waals surface area contributed by atoms with E-state index in [1.165, 1.54) is 42.5 Å². The van der Waals surface area contributed by atoms with Crippen molar-refractivity contribution >= 4 is 27.6 Å². The Morgan fingerprint density at radius 2 is 1.41 bits per heavy atom. The molecule has 0 amide bonds. The fraction of sp³-hybridized carbons (Fsp3) is 0.0870. The van der Waals surface area contributed by atoms with Crippen molar-refractivity contribution in [3.63, 3.8) is 0 Å². The minimum Gasteiger partial charge on any atom is -0.490 e. The van der Waals surface area contributed by atoms with E-state index >= 15 is 0 Å². The highest BCUT2D eigenvalue weighted by atomic mass is 32.2. The zero-order valence-corrected chi connectivity index (χ0v) is 17.4. The molecule has 0 saturated carbocycles. The van der Waals surface area contributed by atoms with Gasteiger partial charge in [-0.25, -0.2) is 18.4 Å². The summed E-state index contributed by atoms with van der Waals surface area (Å²) in [5.41, 5.74) is 0.747. The van der Waals surface area contributed by atoms with Crippen LogP contribution in [0, 0.1) is 0 Å². The summed E-state index contributed by atoms with van der Waals surface area (Å²) in [6.45, 7) is -0.136. The van der Waals surface area contributed by atoms with Crippen LogP contribution in [0.2, 0.25) is 0 Å². The Bertz CT molecular complexity index is 1350. The van der Waals surface area contributed by atoms with Crippen LogP contribution in [0.1, 0.15) is 42.2 Å². The van der Waals surface area contributed by atoms with Gasteiger partial charge in [-0.2, -0.15) is 0 Å². The first-order valence-electron chi connectivity index (χ1n) is 9.51. The van der Waals surface area contributed by atoms with Crippen LogP contribution in [0.5, 0.6) is 5.75 Å². The zero-order valence-electron chi connectivity index (χ0n) is 16.6. The number of benzene rings is 3. The zero-order chi connectivity index (χ0) is 22.9. The molecule has 3 aromatic carbocycles. The van der Waals surface area contributed by atoms with Gasteiger partial charge in [-0.1, -0.05) is 36.4 Å². The number of carbonyl (C=O) groups is 3. The summed E-state index contributed by atoms with van der Waals surface area (Å²) in [6.07, 6.45) is 0. The molecule has 4 rings (SSSR count). The second-order valence-electron chi connectivity index (χ2n) is 6.93. The van der Waals surface area contributed by atoms with Crippen molar-refractivity contribution in [2.24, 2.45) is 5.14 Å². The summed E-state index contributed by atoms with van der Waals surface area (Å²) in [7, 11) is -3.80. The lowest BCUT2D eigenvalue weighted by atomic mass is 9.82. The molecule has 0 aliphatic heterocycles. The van der Waals surface area contributed by atoms with E-state index in [0.717, 1.165) is 0 Å². The van der Waals surface area contributed by atoms with Gasteiger partial charge in [0, 0.05) is 22.3 Å². The number of esters is 1. The van der Waals surface area contributed by atoms with E-state index in [1.807, 2.05) is 0 Å². The number of hydrogen-bond acceptors (Lipinski definition) is 7. The lowest BCUT2D eigenvalue weighted by Gasteiger charge is -2.19. The summed E-state index contributed by atoms with van der Waals surface area (Å²) >= 11 is 0. The van der Waals surface area contributed by atoms with Gasteiger partial charge in [0.05, 0.1) is 10.5 Å². The highest BCUT2D eigenvalue weighted by Crippen LogP contribution is 2.29. The van der Waals surface area contributed by atoms with Crippen molar-refractivity contribution in [3.05, 3.63) is 94.5 Å². The molecule has 0 fully saturated rings. The molecule has 1 aliphatic carbocycles. The molecular formula is C23H17NO7S. The number of ether oxygens (including phenoxy) is 2. The van der Waals surface area contributed by atoms with Gasteiger partial charge in [0.2, 0.25) is 10.0 Å². The molecule has 3 aromatic rings. The van der Waals surface area contributed by atoms with Gasteiger partial charge < -0.3 is 9.47 Å². The molecular weight excluding hydrogens is 434 g/mol. The average Bonchev–Trinajstić information content (AvgIpc) is 2.79. The molecule has 0 heterocycles. The minimum atomic E-state index is -3.80.